The van der Waals surface area contributed by atoms with Crippen molar-refractivity contribution in [2.75, 3.05) is 31.1 Å². The van der Waals surface area contributed by atoms with E-state index in [0.29, 0.717) is 46.4 Å². The van der Waals surface area contributed by atoms with E-state index in [-0.39, 0.29) is 59.1 Å². The van der Waals surface area contributed by atoms with Crippen molar-refractivity contribution in [1.82, 2.24) is 0 Å². The Bertz CT molecular complexity index is 3120. The largest absolute Gasteiger partial charge is 0.462 e. The first-order valence-corrected chi connectivity index (χ1v) is 23.4. The Morgan fingerprint density at radius 2 is 0.671 bits per heavy atom. The first-order valence-electron chi connectivity index (χ1n) is 22.6. The van der Waals surface area contributed by atoms with Gasteiger partial charge in [-0.25, -0.2) is 29.3 Å². The number of carbonyl (C=O) groups excluding carboxylic acids is 12. The molecule has 20 heteroatoms. The van der Waals surface area contributed by atoms with E-state index in [0.717, 1.165) is 34.5 Å². The molecule has 0 atom stereocenters. The fourth-order valence-electron chi connectivity index (χ4n) is 6.92. The summed E-state index contributed by atoms with van der Waals surface area (Å²) < 4.78 is 10.6. The molecule has 382 valence electrons. The SMILES string of the molecule is CC(=O)Oc1ccc(N2C(=O)C=CC2=O)cc1.CCOC(=O)c1ccc(N2C(=O)C=CC2=O)cc1.Cc1ccc(N2C(=O)C=CC2=O)cc1.O=C1C=CC(=O)N1c1ccc(Br)cc1.O=C1C=CC(=O)N1c1ccccc1. The van der Waals surface area contributed by atoms with Crippen LogP contribution in [0.1, 0.15) is 29.8 Å². The van der Waals surface area contributed by atoms with Crippen molar-refractivity contribution in [2.24, 2.45) is 0 Å². The quantitative estimate of drug-likeness (QED) is 0.0887. The van der Waals surface area contributed by atoms with E-state index in [4.69, 9.17) is 9.47 Å². The third-order valence-electron chi connectivity index (χ3n) is 10.4. The lowest BCUT2D eigenvalue weighted by Gasteiger charge is -2.13. The van der Waals surface area contributed by atoms with Gasteiger partial charge in [0.05, 0.1) is 40.6 Å². The Kier molecular flexibility index (Phi) is 18.6. The van der Waals surface area contributed by atoms with Gasteiger partial charge in [0, 0.05) is 72.2 Å². The number of benzene rings is 5. The Balaban J connectivity index is 0.000000155. The van der Waals surface area contributed by atoms with Crippen LogP contribution in [0.3, 0.4) is 0 Å². The molecule has 10 amide bonds. The molecule has 0 saturated heterocycles. The number of hydrogen-bond acceptors (Lipinski definition) is 14. The fraction of sp³-hybridized carbons (Fsp3) is 0.0714. The smallest absolute Gasteiger partial charge is 0.338 e. The molecule has 19 nitrogen and oxygen atoms in total. The van der Waals surface area contributed by atoms with E-state index in [1.807, 2.05) is 25.1 Å². The van der Waals surface area contributed by atoms with Crippen molar-refractivity contribution in [3.8, 4) is 5.75 Å². The first-order chi connectivity index (χ1) is 36.4. The van der Waals surface area contributed by atoms with Crippen LogP contribution in [0.15, 0.2) is 193 Å². The maximum Gasteiger partial charge on any atom is 0.338 e. The zero-order valence-electron chi connectivity index (χ0n) is 40.4. The lowest BCUT2D eigenvalue weighted by molar-refractivity contribution is -0.132. The van der Waals surface area contributed by atoms with E-state index in [2.05, 4.69) is 15.9 Å². The van der Waals surface area contributed by atoms with Crippen LogP contribution in [-0.2, 0) is 57.5 Å². The summed E-state index contributed by atoms with van der Waals surface area (Å²) in [6.45, 7) is 5.27. The summed E-state index contributed by atoms with van der Waals surface area (Å²) in [5, 5.41) is 0. The van der Waals surface area contributed by atoms with E-state index < -0.39 is 11.9 Å². The van der Waals surface area contributed by atoms with Gasteiger partial charge in [0.25, 0.3) is 59.1 Å². The van der Waals surface area contributed by atoms with Crippen LogP contribution >= 0.6 is 15.9 Å². The monoisotopic (exact) mass is 1090 g/mol. The van der Waals surface area contributed by atoms with E-state index in [9.17, 15) is 57.5 Å². The number of hydrogen-bond donors (Lipinski definition) is 0. The van der Waals surface area contributed by atoms with Gasteiger partial charge in [-0.1, -0.05) is 51.8 Å². The Hall–Kier alpha value is -10.1. The Morgan fingerprint density at radius 3 is 0.974 bits per heavy atom. The molecule has 0 aromatic heterocycles. The van der Waals surface area contributed by atoms with E-state index in [1.165, 1.54) is 104 Å². The van der Waals surface area contributed by atoms with Gasteiger partial charge in [0.15, 0.2) is 0 Å². The highest BCUT2D eigenvalue weighted by molar-refractivity contribution is 9.10. The number of esters is 2. The van der Waals surface area contributed by atoms with Gasteiger partial charge in [-0.05, 0) is 111 Å². The number of ether oxygens (including phenoxy) is 2. The number of anilines is 5. The van der Waals surface area contributed by atoms with Crippen LogP contribution in [0.2, 0.25) is 0 Å². The summed E-state index contributed by atoms with van der Waals surface area (Å²) >= 11 is 3.28. The standard InChI is InChI=1S/C13H11NO4.C12H9NO4.C11H9NO2.C10H6BrNO2.C10H7NO2/c1-2-18-13(17)9-3-5-10(6-4-9)14-11(15)7-8-12(14)16;1-8(14)17-10-4-2-9(3-5-10)13-11(15)6-7-12(13)16;1-8-2-4-9(5-3-8)12-10(13)6-7-11(12)14;11-7-1-3-8(4-2-7)12-9(13)5-6-10(12)14;12-9-6-7-10(13)11(9)8-4-2-1-3-5-8/h3-8H,2H2,1H3;2-7H,1H3;2-7H,1H3;1-6H;1-7H. The number of aryl methyl sites for hydroxylation is 1. The molecule has 76 heavy (non-hydrogen) atoms. The van der Waals surface area contributed by atoms with Crippen LogP contribution in [0.25, 0.3) is 0 Å². The number of amides is 10. The number of para-hydroxylation sites is 1. The van der Waals surface area contributed by atoms with Gasteiger partial charge in [0.1, 0.15) is 5.75 Å². The molecule has 0 saturated carbocycles. The molecule has 5 heterocycles. The second kappa shape index (κ2) is 25.5. The molecular formula is C56H42BrN5O14. The molecule has 5 aromatic rings. The predicted octanol–water partition coefficient (Wildman–Crippen LogP) is 6.75. The third-order valence-corrected chi connectivity index (χ3v) is 11.0. The fourth-order valence-corrected chi connectivity index (χ4v) is 7.19. The highest BCUT2D eigenvalue weighted by atomic mass is 79.9. The molecule has 0 spiro atoms. The summed E-state index contributed by atoms with van der Waals surface area (Å²) in [5.74, 6) is -3.72. The summed E-state index contributed by atoms with van der Waals surface area (Å²) in [4.78, 5) is 141. The van der Waals surface area contributed by atoms with Gasteiger partial charge in [-0.3, -0.25) is 52.7 Å². The summed E-state index contributed by atoms with van der Waals surface area (Å²) in [5.41, 5.74) is 4.18. The van der Waals surface area contributed by atoms with Crippen molar-refractivity contribution in [2.45, 2.75) is 20.8 Å². The van der Waals surface area contributed by atoms with Crippen molar-refractivity contribution < 1.29 is 67.0 Å². The molecule has 0 radical (unpaired) electrons. The average molecular weight is 1090 g/mol. The maximum absolute atomic E-state index is 11.4. The minimum Gasteiger partial charge on any atom is -0.462 e. The molecule has 0 unspecified atom stereocenters. The molecular weight excluding hydrogens is 1050 g/mol. The lowest BCUT2D eigenvalue weighted by Crippen LogP contribution is -2.29. The van der Waals surface area contributed by atoms with Crippen molar-refractivity contribution in [1.29, 1.82) is 0 Å². The third kappa shape index (κ3) is 14.1. The highest BCUT2D eigenvalue weighted by Gasteiger charge is 2.28. The molecule has 0 N–H and O–H groups in total. The number of imide groups is 5. The first kappa shape index (κ1) is 55.2. The van der Waals surface area contributed by atoms with Crippen LogP contribution < -0.4 is 29.2 Å². The second-order valence-corrected chi connectivity index (χ2v) is 16.6. The molecule has 0 bridgehead atoms. The predicted molar refractivity (Wildman–Crippen MR) is 280 cm³/mol. The van der Waals surface area contributed by atoms with Gasteiger partial charge in [-0.15, -0.1) is 0 Å². The summed E-state index contributed by atoms with van der Waals surface area (Å²) in [7, 11) is 0. The summed E-state index contributed by atoms with van der Waals surface area (Å²) in [6, 6.07) is 35.4. The zero-order chi connectivity index (χ0) is 55.1. The number of rotatable bonds is 8. The van der Waals surface area contributed by atoms with Gasteiger partial charge in [-0.2, -0.15) is 0 Å². The van der Waals surface area contributed by atoms with Gasteiger partial charge in [0.2, 0.25) is 0 Å². The van der Waals surface area contributed by atoms with E-state index in [1.54, 1.807) is 79.7 Å². The molecule has 5 aliphatic rings. The average Bonchev–Trinajstić information content (AvgIpc) is 4.21. The van der Waals surface area contributed by atoms with Gasteiger partial charge < -0.3 is 9.47 Å². The van der Waals surface area contributed by atoms with Crippen molar-refractivity contribution in [3.05, 3.63) is 204 Å². The van der Waals surface area contributed by atoms with Crippen molar-refractivity contribution in [3.63, 3.8) is 0 Å². The van der Waals surface area contributed by atoms with Crippen LogP contribution in [0.5, 0.6) is 5.75 Å². The Morgan fingerprint density at radius 1 is 0.395 bits per heavy atom. The van der Waals surface area contributed by atoms with Crippen molar-refractivity contribution >= 4 is 115 Å². The van der Waals surface area contributed by atoms with Crippen LogP contribution in [0.4, 0.5) is 28.4 Å². The minimum absolute atomic E-state index is 0.279. The van der Waals surface area contributed by atoms with Crippen LogP contribution in [0, 0.1) is 6.92 Å². The maximum atomic E-state index is 11.4. The highest BCUT2D eigenvalue weighted by Crippen LogP contribution is 2.25. The molecule has 10 rings (SSSR count). The minimum atomic E-state index is -0.429. The lowest BCUT2D eigenvalue weighted by atomic mass is 10.2. The van der Waals surface area contributed by atoms with Crippen LogP contribution in [-0.4, -0.2) is 77.6 Å². The Labute approximate surface area is 442 Å². The molecule has 5 aliphatic heterocycles. The topological polar surface area (TPSA) is 239 Å². The number of carbonyl (C=O) groups is 12. The number of nitrogens with zero attached hydrogens (tertiary/aromatic N) is 5. The normalized spacial score (nSPS) is 14.9. The molecule has 0 aliphatic carbocycles. The van der Waals surface area contributed by atoms with E-state index >= 15 is 0 Å². The number of halogens is 1. The van der Waals surface area contributed by atoms with Gasteiger partial charge >= 0.3 is 11.9 Å². The summed E-state index contributed by atoms with van der Waals surface area (Å²) in [6.07, 6.45) is 12.5. The zero-order valence-corrected chi connectivity index (χ0v) is 42.0. The second-order valence-electron chi connectivity index (χ2n) is 15.7. The molecule has 0 fully saturated rings. The molecule has 5 aromatic carbocycles.